The number of nitrogens with zero attached hydrogens (tertiary/aromatic N) is 4. The number of nitrogens with one attached hydrogen (secondary N) is 2. The van der Waals surface area contributed by atoms with E-state index in [-0.39, 0.29) is 5.69 Å². The van der Waals surface area contributed by atoms with Gasteiger partial charge in [-0.05, 0) is 61.5 Å². The molecule has 184 valence electrons. The first-order valence-electron chi connectivity index (χ1n) is 11.9. The van der Waals surface area contributed by atoms with Gasteiger partial charge in [-0.3, -0.25) is 9.98 Å². The molecular formula is C29H32N6O. The summed E-state index contributed by atoms with van der Waals surface area (Å²) in [6.07, 6.45) is 6.47. The summed E-state index contributed by atoms with van der Waals surface area (Å²) < 4.78 is 0. The Labute approximate surface area is 211 Å². The van der Waals surface area contributed by atoms with E-state index in [1.807, 2.05) is 42.3 Å². The minimum Gasteiger partial charge on any atom is -0.369 e. The number of aromatic nitrogens is 3. The zero-order chi connectivity index (χ0) is 25.8. The van der Waals surface area contributed by atoms with Crippen LogP contribution in [-0.4, -0.2) is 40.7 Å². The molecule has 0 unspecified atom stereocenters. The maximum Gasteiger partial charge on any atom is 0.323 e. The molecule has 0 spiro atoms. The van der Waals surface area contributed by atoms with Gasteiger partial charge < -0.3 is 19.8 Å². The molecule has 0 aliphatic heterocycles. The van der Waals surface area contributed by atoms with Gasteiger partial charge in [0, 0.05) is 26.3 Å². The molecule has 4 aromatic rings. The van der Waals surface area contributed by atoms with Crippen molar-refractivity contribution < 1.29 is 0 Å². The number of benzene rings is 2. The van der Waals surface area contributed by atoms with Gasteiger partial charge in [-0.1, -0.05) is 43.3 Å². The predicted octanol–water partition coefficient (Wildman–Crippen LogP) is 5.88. The molecule has 2 aromatic carbocycles. The largest absolute Gasteiger partial charge is 0.369 e. The highest BCUT2D eigenvalue weighted by Crippen LogP contribution is 2.35. The van der Waals surface area contributed by atoms with Crippen molar-refractivity contribution in [2.75, 3.05) is 19.0 Å². The lowest BCUT2D eigenvalue weighted by Gasteiger charge is -2.26. The maximum absolute atomic E-state index is 11.7. The zero-order valence-corrected chi connectivity index (χ0v) is 21.3. The molecule has 0 bridgehead atoms. The molecule has 2 aromatic heterocycles. The number of pyridine rings is 1. The smallest absolute Gasteiger partial charge is 0.323 e. The summed E-state index contributed by atoms with van der Waals surface area (Å²) in [4.78, 5) is 30.4. The normalized spacial score (nSPS) is 11.5. The van der Waals surface area contributed by atoms with Crippen LogP contribution < -0.4 is 10.6 Å². The predicted molar refractivity (Wildman–Crippen MR) is 151 cm³/mol. The van der Waals surface area contributed by atoms with Crippen LogP contribution in [0.25, 0.3) is 16.7 Å². The summed E-state index contributed by atoms with van der Waals surface area (Å²) in [6.45, 7) is 12.7. The van der Waals surface area contributed by atoms with Gasteiger partial charge in [0.25, 0.3) is 0 Å². The lowest BCUT2D eigenvalue weighted by Crippen LogP contribution is -2.19. The summed E-state index contributed by atoms with van der Waals surface area (Å²) in [5, 5.41) is 0. The van der Waals surface area contributed by atoms with Crippen molar-refractivity contribution in [3.05, 3.63) is 100 Å². The number of imidazole rings is 1. The van der Waals surface area contributed by atoms with Crippen LogP contribution in [-0.2, 0) is 13.0 Å². The number of aliphatic imine (C=N–C) groups is 1. The van der Waals surface area contributed by atoms with Crippen LogP contribution in [0.3, 0.4) is 0 Å². The number of rotatable bonds is 9. The average molecular weight is 481 g/mol. The summed E-state index contributed by atoms with van der Waals surface area (Å²) in [5.74, 6) is 0. The van der Waals surface area contributed by atoms with E-state index in [4.69, 9.17) is 4.98 Å². The van der Waals surface area contributed by atoms with Crippen LogP contribution in [0, 0.1) is 6.92 Å². The lowest BCUT2D eigenvalue weighted by molar-refractivity contribution is 0.471. The van der Waals surface area contributed by atoms with E-state index in [1.54, 1.807) is 12.3 Å². The Morgan fingerprint density at radius 3 is 2.58 bits per heavy atom. The van der Waals surface area contributed by atoms with Crippen LogP contribution in [0.5, 0.6) is 0 Å². The quantitative estimate of drug-likeness (QED) is 0.232. The van der Waals surface area contributed by atoms with Gasteiger partial charge in [-0.15, -0.1) is 0 Å². The minimum atomic E-state index is -0.230. The molecule has 2 heterocycles. The molecule has 0 radical (unpaired) electrons. The van der Waals surface area contributed by atoms with Crippen molar-refractivity contribution in [3.8, 4) is 0 Å². The molecule has 4 rings (SSSR count). The molecule has 0 saturated heterocycles. The highest BCUT2D eigenvalue weighted by Gasteiger charge is 2.17. The molecule has 2 N–H and O–H groups in total. The number of allylic oxidation sites excluding steroid dienone is 2. The number of anilines is 2. The van der Waals surface area contributed by atoms with Crippen molar-refractivity contribution >= 4 is 40.5 Å². The number of fused-ring (bicyclic) bond motifs is 1. The zero-order valence-electron chi connectivity index (χ0n) is 21.3. The molecular weight excluding hydrogens is 448 g/mol. The Morgan fingerprint density at radius 1 is 1.08 bits per heavy atom. The fourth-order valence-electron chi connectivity index (χ4n) is 4.43. The molecule has 0 saturated carbocycles. The Balaban J connectivity index is 1.71. The van der Waals surface area contributed by atoms with Crippen molar-refractivity contribution in [2.24, 2.45) is 4.99 Å². The third-order valence-electron chi connectivity index (χ3n) is 6.38. The van der Waals surface area contributed by atoms with Crippen LogP contribution in [0.15, 0.2) is 77.2 Å². The number of H-pyrrole nitrogens is 2. The van der Waals surface area contributed by atoms with Crippen molar-refractivity contribution in [1.82, 2.24) is 19.9 Å². The maximum atomic E-state index is 11.7. The number of aromatic amines is 2. The topological polar surface area (TPSA) is 80.4 Å². The molecule has 0 amide bonds. The highest BCUT2D eigenvalue weighted by molar-refractivity contribution is 5.84. The van der Waals surface area contributed by atoms with Gasteiger partial charge in [-0.25, -0.2) is 4.79 Å². The standard InChI is InChI=1S/C29H32N6O/c1-7-9-27(34(5)18-21-11-10-19(3)14-20(21)8-2)25-16-28(26(30-4)17-31-25)35(6)22-12-13-23-24(15-22)33-29(36)32-23/h7,9-17H,1,4,8,18H2,2-3,5-6H3,(H2,32,33,36)/b27-9-. The van der Waals surface area contributed by atoms with Gasteiger partial charge in [-0.2, -0.15) is 0 Å². The molecule has 36 heavy (non-hydrogen) atoms. The first kappa shape index (κ1) is 24.7. The lowest BCUT2D eigenvalue weighted by atomic mass is 10.0. The highest BCUT2D eigenvalue weighted by atomic mass is 16.1. The van der Waals surface area contributed by atoms with E-state index in [9.17, 15) is 4.79 Å². The van der Waals surface area contributed by atoms with Crippen molar-refractivity contribution in [2.45, 2.75) is 26.8 Å². The first-order valence-corrected chi connectivity index (χ1v) is 11.9. The second kappa shape index (κ2) is 10.5. The van der Waals surface area contributed by atoms with Crippen LogP contribution in [0.2, 0.25) is 0 Å². The number of aryl methyl sites for hydroxylation is 2. The summed E-state index contributed by atoms with van der Waals surface area (Å²) >= 11 is 0. The average Bonchev–Trinajstić information content (AvgIpc) is 3.26. The van der Waals surface area contributed by atoms with E-state index < -0.39 is 0 Å². The van der Waals surface area contributed by atoms with Crippen molar-refractivity contribution in [3.63, 3.8) is 0 Å². The first-order chi connectivity index (χ1) is 17.3. The number of hydrogen-bond donors (Lipinski definition) is 2. The Bertz CT molecular complexity index is 1510. The molecule has 0 fully saturated rings. The third-order valence-corrected chi connectivity index (χ3v) is 6.38. The van der Waals surface area contributed by atoms with Gasteiger partial charge in [0.15, 0.2) is 0 Å². The van der Waals surface area contributed by atoms with Crippen LogP contribution in [0.4, 0.5) is 17.1 Å². The molecule has 7 nitrogen and oxygen atoms in total. The van der Waals surface area contributed by atoms with Gasteiger partial charge >= 0.3 is 5.69 Å². The summed E-state index contributed by atoms with van der Waals surface area (Å²) in [6, 6.07) is 14.4. The summed E-state index contributed by atoms with van der Waals surface area (Å²) in [7, 11) is 4.02. The number of hydrogen-bond acceptors (Lipinski definition) is 5. The monoisotopic (exact) mass is 480 g/mol. The van der Waals surface area contributed by atoms with Gasteiger partial charge in [0.05, 0.1) is 34.3 Å². The van der Waals surface area contributed by atoms with E-state index in [2.05, 4.69) is 72.3 Å². The molecule has 0 atom stereocenters. The SMILES string of the molecule is C=C/C=C(/c1cc(N(C)c2ccc3[nH]c(=O)[nH]c3c2)c(N=C)cn1)N(C)Cc1ccc(C)cc1CC. The fraction of sp³-hybridized carbons (Fsp3) is 0.207. The second-order valence-corrected chi connectivity index (χ2v) is 8.85. The molecule has 7 heteroatoms. The van der Waals surface area contributed by atoms with Gasteiger partial charge in [0.1, 0.15) is 5.69 Å². The summed E-state index contributed by atoms with van der Waals surface area (Å²) in [5.41, 5.74) is 9.32. The van der Waals surface area contributed by atoms with Crippen LogP contribution in [0.1, 0.15) is 29.3 Å². The third kappa shape index (κ3) is 5.00. The van der Waals surface area contributed by atoms with E-state index in [0.717, 1.165) is 46.8 Å². The Morgan fingerprint density at radius 2 is 1.86 bits per heavy atom. The van der Waals surface area contributed by atoms with E-state index in [0.29, 0.717) is 5.69 Å². The minimum absolute atomic E-state index is 0.230. The molecule has 0 aliphatic carbocycles. The van der Waals surface area contributed by atoms with Gasteiger partial charge in [0.2, 0.25) is 0 Å². The van der Waals surface area contributed by atoms with Crippen LogP contribution >= 0.6 is 0 Å². The van der Waals surface area contributed by atoms with Crippen molar-refractivity contribution in [1.29, 1.82) is 0 Å². The Kier molecular flexibility index (Phi) is 7.20. The van der Waals surface area contributed by atoms with E-state index in [1.165, 1.54) is 16.7 Å². The Hall–Kier alpha value is -4.39. The second-order valence-electron chi connectivity index (χ2n) is 8.85. The fourth-order valence-corrected chi connectivity index (χ4v) is 4.43. The molecule has 0 aliphatic rings. The van der Waals surface area contributed by atoms with E-state index >= 15 is 0 Å².